The summed E-state index contributed by atoms with van der Waals surface area (Å²) >= 11 is 0. The van der Waals surface area contributed by atoms with Crippen molar-refractivity contribution in [3.63, 3.8) is 0 Å². The summed E-state index contributed by atoms with van der Waals surface area (Å²) in [6.45, 7) is 22.8. The normalized spacial score (nSPS) is 13.8. The Balaban J connectivity index is 0. The monoisotopic (exact) mass is 416 g/mol. The van der Waals surface area contributed by atoms with Crippen molar-refractivity contribution >= 4 is 0 Å². The number of hydrogen-bond acceptors (Lipinski definition) is 0. The van der Waals surface area contributed by atoms with Gasteiger partial charge in [-0.05, 0) is 88.9 Å². The third-order valence-electron chi connectivity index (χ3n) is 5.01. The van der Waals surface area contributed by atoms with E-state index >= 15 is 0 Å². The molecule has 30 heavy (non-hydrogen) atoms. The van der Waals surface area contributed by atoms with Crippen LogP contribution < -0.4 is 0 Å². The first-order chi connectivity index (χ1) is 13.9. The molecule has 0 aliphatic carbocycles. The van der Waals surface area contributed by atoms with Gasteiger partial charge in [0, 0.05) is 0 Å². The highest BCUT2D eigenvalue weighted by Gasteiger charge is 2.09. The summed E-state index contributed by atoms with van der Waals surface area (Å²) in [5.74, 6) is 0. The fourth-order valence-corrected chi connectivity index (χ4v) is 3.06. The molecule has 0 aliphatic rings. The molecule has 0 heterocycles. The summed E-state index contributed by atoms with van der Waals surface area (Å²) in [6, 6.07) is 0. The van der Waals surface area contributed by atoms with Crippen molar-refractivity contribution in [2.24, 2.45) is 10.8 Å². The van der Waals surface area contributed by atoms with Crippen LogP contribution in [0.5, 0.6) is 0 Å². The van der Waals surface area contributed by atoms with Crippen LogP contribution in [0.4, 0.5) is 0 Å². The summed E-state index contributed by atoms with van der Waals surface area (Å²) in [6.07, 6.45) is 26.0. The van der Waals surface area contributed by atoms with Crippen LogP contribution in [0.3, 0.4) is 0 Å². The fourth-order valence-electron chi connectivity index (χ4n) is 3.06. The van der Waals surface area contributed by atoms with E-state index in [0.29, 0.717) is 10.8 Å². The van der Waals surface area contributed by atoms with Crippen LogP contribution in [0, 0.1) is 10.8 Å². The van der Waals surface area contributed by atoms with Crippen LogP contribution in [0.25, 0.3) is 0 Å². The van der Waals surface area contributed by atoms with Gasteiger partial charge in [0.15, 0.2) is 0 Å². The topological polar surface area (TPSA) is 0 Å². The van der Waals surface area contributed by atoms with Gasteiger partial charge >= 0.3 is 0 Å². The molecule has 176 valence electrons. The molecule has 0 nitrogen and oxygen atoms in total. The Morgan fingerprint density at radius 3 is 1.17 bits per heavy atom. The predicted octanol–water partition coefficient (Wildman–Crippen LogP) is 11.0. The summed E-state index contributed by atoms with van der Waals surface area (Å²) in [5, 5.41) is 0. The highest BCUT2D eigenvalue weighted by atomic mass is 14.1. The minimum absolute atomic E-state index is 0.488. The van der Waals surface area contributed by atoms with Crippen molar-refractivity contribution in [1.29, 1.82) is 0 Å². The van der Waals surface area contributed by atoms with Crippen molar-refractivity contribution in [2.45, 2.75) is 133 Å². The van der Waals surface area contributed by atoms with Gasteiger partial charge in [-0.3, -0.25) is 0 Å². The molecule has 0 aromatic rings. The van der Waals surface area contributed by atoms with Gasteiger partial charge in [0.25, 0.3) is 0 Å². The molecule has 0 saturated heterocycles. The van der Waals surface area contributed by atoms with Gasteiger partial charge in [-0.25, -0.2) is 0 Å². The van der Waals surface area contributed by atoms with Crippen molar-refractivity contribution in [2.75, 3.05) is 0 Å². The number of rotatable bonds is 12. The van der Waals surface area contributed by atoms with Crippen LogP contribution >= 0.6 is 0 Å². The van der Waals surface area contributed by atoms with Crippen LogP contribution in [0.15, 0.2) is 47.6 Å². The lowest BCUT2D eigenvalue weighted by molar-refractivity contribution is 0.365. The molecule has 0 saturated carbocycles. The molecular weight excluding hydrogens is 360 g/mol. The summed E-state index contributed by atoms with van der Waals surface area (Å²) in [7, 11) is 0. The summed E-state index contributed by atoms with van der Waals surface area (Å²) in [5.41, 5.74) is 4.06. The first kappa shape index (κ1) is 31.1. The van der Waals surface area contributed by atoms with Crippen LogP contribution in [0.2, 0.25) is 0 Å². The Kier molecular flexibility index (Phi) is 19.4. The quantitative estimate of drug-likeness (QED) is 0.277. The molecule has 0 rings (SSSR count). The summed E-state index contributed by atoms with van der Waals surface area (Å²) in [4.78, 5) is 0. The van der Waals surface area contributed by atoms with Crippen molar-refractivity contribution in [1.82, 2.24) is 0 Å². The van der Waals surface area contributed by atoms with Crippen LogP contribution in [-0.4, -0.2) is 0 Å². The SMILES string of the molecule is CC/C=C/C/C=C(/C)CCCC(C)(C)C.CC/C=C/C/C=C(\C)CCCC(C)(C)C. The van der Waals surface area contributed by atoms with Crippen LogP contribution in [-0.2, 0) is 0 Å². The molecule has 0 atom stereocenters. The zero-order valence-electron chi connectivity index (χ0n) is 22.5. The van der Waals surface area contributed by atoms with Gasteiger partial charge in [0.2, 0.25) is 0 Å². The first-order valence-electron chi connectivity index (χ1n) is 12.5. The molecule has 0 unspecified atom stereocenters. The highest BCUT2D eigenvalue weighted by molar-refractivity contribution is 5.03. The molecule has 0 N–H and O–H groups in total. The van der Waals surface area contributed by atoms with E-state index in [1.165, 1.54) is 38.5 Å². The molecule has 0 aliphatic heterocycles. The minimum atomic E-state index is 0.488. The van der Waals surface area contributed by atoms with Gasteiger partial charge in [0.05, 0.1) is 0 Å². The molecule has 0 spiro atoms. The molecule has 0 bridgehead atoms. The molecule has 0 heteroatoms. The maximum Gasteiger partial charge on any atom is -0.0167 e. The number of allylic oxidation sites excluding steroid dienone is 8. The van der Waals surface area contributed by atoms with Crippen LogP contribution in [0.1, 0.15) is 133 Å². The number of hydrogen-bond donors (Lipinski definition) is 0. The van der Waals surface area contributed by atoms with E-state index in [-0.39, 0.29) is 0 Å². The second-order valence-corrected chi connectivity index (χ2v) is 11.2. The zero-order chi connectivity index (χ0) is 23.5. The largest absolute Gasteiger partial charge is 0.0885 e. The molecule has 0 aromatic heterocycles. The van der Waals surface area contributed by atoms with Gasteiger partial charge in [-0.2, -0.15) is 0 Å². The molecular formula is C30H56. The van der Waals surface area contributed by atoms with E-state index in [1.54, 1.807) is 11.1 Å². The second kappa shape index (κ2) is 18.7. The van der Waals surface area contributed by atoms with Gasteiger partial charge in [-0.1, -0.05) is 103 Å². The average Bonchev–Trinajstić information content (AvgIpc) is 2.61. The van der Waals surface area contributed by atoms with E-state index in [9.17, 15) is 0 Å². The van der Waals surface area contributed by atoms with E-state index in [1.807, 2.05) is 0 Å². The lowest BCUT2D eigenvalue weighted by Gasteiger charge is -2.17. The third kappa shape index (κ3) is 29.2. The van der Waals surface area contributed by atoms with Crippen molar-refractivity contribution < 1.29 is 0 Å². The maximum atomic E-state index is 2.36. The van der Waals surface area contributed by atoms with E-state index < -0.39 is 0 Å². The highest BCUT2D eigenvalue weighted by Crippen LogP contribution is 2.23. The Labute approximate surface area is 192 Å². The predicted molar refractivity (Wildman–Crippen MR) is 142 cm³/mol. The summed E-state index contributed by atoms with van der Waals surface area (Å²) < 4.78 is 0. The maximum absolute atomic E-state index is 2.36. The standard InChI is InChI=1S/2C15H28/c2*1-6-7-8-9-11-14(2)12-10-13-15(3,4)5/h2*7-8,11H,6,9-10,12-13H2,1-5H3/b8-7+,14-11+;8-7+,14-11-. The lowest BCUT2D eigenvalue weighted by Crippen LogP contribution is -2.04. The van der Waals surface area contributed by atoms with E-state index in [2.05, 4.69) is 106 Å². The first-order valence-corrected chi connectivity index (χ1v) is 12.5. The lowest BCUT2D eigenvalue weighted by atomic mass is 9.89. The molecule has 0 amide bonds. The minimum Gasteiger partial charge on any atom is -0.0885 e. The molecule has 0 fully saturated rings. The average molecular weight is 417 g/mol. The van der Waals surface area contributed by atoms with Crippen molar-refractivity contribution in [3.8, 4) is 0 Å². The van der Waals surface area contributed by atoms with Crippen molar-refractivity contribution in [3.05, 3.63) is 47.6 Å². The molecule has 0 aromatic carbocycles. The Bertz CT molecular complexity index is 449. The fraction of sp³-hybridized carbons (Fsp3) is 0.733. The smallest absolute Gasteiger partial charge is 0.0167 e. The van der Waals surface area contributed by atoms with E-state index in [4.69, 9.17) is 0 Å². The van der Waals surface area contributed by atoms with Gasteiger partial charge < -0.3 is 0 Å². The molecule has 0 radical (unpaired) electrons. The third-order valence-corrected chi connectivity index (χ3v) is 5.01. The van der Waals surface area contributed by atoms with Gasteiger partial charge in [0.1, 0.15) is 0 Å². The Morgan fingerprint density at radius 1 is 0.567 bits per heavy atom. The second-order valence-electron chi connectivity index (χ2n) is 11.2. The Hall–Kier alpha value is -1.04. The van der Waals surface area contributed by atoms with Gasteiger partial charge in [-0.15, -0.1) is 0 Å². The Morgan fingerprint density at radius 2 is 0.900 bits per heavy atom. The zero-order valence-corrected chi connectivity index (χ0v) is 22.5. The van der Waals surface area contributed by atoms with E-state index in [0.717, 1.165) is 25.7 Å².